The minimum absolute atomic E-state index is 0.0382. The van der Waals surface area contributed by atoms with Crippen molar-refractivity contribution in [3.8, 4) is 5.75 Å². The van der Waals surface area contributed by atoms with Gasteiger partial charge in [0, 0.05) is 25.7 Å². The lowest BCUT2D eigenvalue weighted by Crippen LogP contribution is -2.41. The van der Waals surface area contributed by atoms with Crippen LogP contribution in [0.5, 0.6) is 5.75 Å². The van der Waals surface area contributed by atoms with Crippen LogP contribution in [0.25, 0.3) is 0 Å². The van der Waals surface area contributed by atoms with Gasteiger partial charge in [-0.1, -0.05) is 0 Å². The first-order valence-electron chi connectivity index (χ1n) is 6.84. The van der Waals surface area contributed by atoms with Gasteiger partial charge >= 0.3 is 0 Å². The standard InChI is InChI=1S/C14H19FN2O2/c15-11-6-10-2-1-3-17-14(10)13(7-11)19-9-12-8-16-4-5-18-12/h6-7,12,16-17H,1-5,8-9H2/t12-/m0/s1. The summed E-state index contributed by atoms with van der Waals surface area (Å²) in [5, 5.41) is 6.55. The average Bonchev–Trinajstić information content (AvgIpc) is 2.45. The molecule has 0 radical (unpaired) electrons. The van der Waals surface area contributed by atoms with Crippen LogP contribution < -0.4 is 15.4 Å². The maximum atomic E-state index is 13.6. The molecule has 0 spiro atoms. The van der Waals surface area contributed by atoms with Crippen LogP contribution in [-0.4, -0.2) is 39.0 Å². The summed E-state index contributed by atoms with van der Waals surface area (Å²) in [7, 11) is 0. The third kappa shape index (κ3) is 2.98. The number of ether oxygens (including phenoxy) is 2. The van der Waals surface area contributed by atoms with Gasteiger partial charge in [0.15, 0.2) is 0 Å². The number of halogens is 1. The summed E-state index contributed by atoms with van der Waals surface area (Å²) in [6.07, 6.45) is 1.97. The summed E-state index contributed by atoms with van der Waals surface area (Å²) in [5.74, 6) is 0.365. The van der Waals surface area contributed by atoms with Gasteiger partial charge in [0.2, 0.25) is 0 Å². The van der Waals surface area contributed by atoms with Gasteiger partial charge < -0.3 is 20.1 Å². The number of anilines is 1. The molecule has 0 bridgehead atoms. The summed E-state index contributed by atoms with van der Waals surface area (Å²) in [6.45, 7) is 3.73. The number of aryl methyl sites for hydroxylation is 1. The van der Waals surface area contributed by atoms with Crippen molar-refractivity contribution in [1.82, 2.24) is 5.32 Å². The van der Waals surface area contributed by atoms with E-state index in [9.17, 15) is 4.39 Å². The Kier molecular flexibility index (Phi) is 3.84. The average molecular weight is 266 g/mol. The smallest absolute Gasteiger partial charge is 0.145 e. The largest absolute Gasteiger partial charge is 0.489 e. The molecule has 1 aromatic carbocycles. The third-order valence-corrected chi connectivity index (χ3v) is 3.50. The number of nitrogens with one attached hydrogen (secondary N) is 2. The number of fused-ring (bicyclic) bond motifs is 1. The normalized spacial score (nSPS) is 22.5. The van der Waals surface area contributed by atoms with Crippen LogP contribution in [0.3, 0.4) is 0 Å². The highest BCUT2D eigenvalue weighted by atomic mass is 19.1. The van der Waals surface area contributed by atoms with Crippen LogP contribution in [0.4, 0.5) is 10.1 Å². The lowest BCUT2D eigenvalue weighted by molar-refractivity contribution is 0.000263. The van der Waals surface area contributed by atoms with Gasteiger partial charge in [0.05, 0.1) is 12.3 Å². The summed E-state index contributed by atoms with van der Waals surface area (Å²) < 4.78 is 24.9. The van der Waals surface area contributed by atoms with Crippen molar-refractivity contribution in [2.75, 3.05) is 38.2 Å². The quantitative estimate of drug-likeness (QED) is 0.871. The van der Waals surface area contributed by atoms with E-state index in [-0.39, 0.29) is 11.9 Å². The Balaban J connectivity index is 1.70. The zero-order valence-corrected chi connectivity index (χ0v) is 10.9. The van der Waals surface area contributed by atoms with Crippen LogP contribution >= 0.6 is 0 Å². The van der Waals surface area contributed by atoms with E-state index in [2.05, 4.69) is 10.6 Å². The van der Waals surface area contributed by atoms with E-state index in [4.69, 9.17) is 9.47 Å². The Morgan fingerprint density at radius 2 is 2.32 bits per heavy atom. The molecular formula is C14H19FN2O2. The van der Waals surface area contributed by atoms with Crippen molar-refractivity contribution in [2.24, 2.45) is 0 Å². The van der Waals surface area contributed by atoms with Crippen molar-refractivity contribution in [3.05, 3.63) is 23.5 Å². The highest BCUT2D eigenvalue weighted by Gasteiger charge is 2.18. The van der Waals surface area contributed by atoms with Crippen molar-refractivity contribution in [1.29, 1.82) is 0 Å². The van der Waals surface area contributed by atoms with Gasteiger partial charge in [-0.3, -0.25) is 0 Å². The van der Waals surface area contributed by atoms with Crippen LogP contribution in [0.1, 0.15) is 12.0 Å². The molecule has 1 fully saturated rings. The molecule has 2 N–H and O–H groups in total. The first kappa shape index (κ1) is 12.7. The summed E-state index contributed by atoms with van der Waals surface area (Å²) in [4.78, 5) is 0. The molecule has 5 heteroatoms. The van der Waals surface area contributed by atoms with Crippen molar-refractivity contribution >= 4 is 5.69 Å². The van der Waals surface area contributed by atoms with E-state index in [1.807, 2.05) is 0 Å². The summed E-state index contributed by atoms with van der Waals surface area (Å²) in [6, 6.07) is 3.04. The van der Waals surface area contributed by atoms with Crippen LogP contribution in [0.2, 0.25) is 0 Å². The molecule has 1 aromatic rings. The van der Waals surface area contributed by atoms with Crippen LogP contribution in [0, 0.1) is 5.82 Å². The molecule has 3 rings (SSSR count). The fraction of sp³-hybridized carbons (Fsp3) is 0.571. The molecule has 19 heavy (non-hydrogen) atoms. The number of hydrogen-bond donors (Lipinski definition) is 2. The maximum Gasteiger partial charge on any atom is 0.145 e. The Morgan fingerprint density at radius 3 is 3.16 bits per heavy atom. The molecule has 0 saturated carbocycles. The number of benzene rings is 1. The zero-order chi connectivity index (χ0) is 13.1. The minimum atomic E-state index is -0.236. The molecule has 2 heterocycles. The molecule has 0 amide bonds. The highest BCUT2D eigenvalue weighted by molar-refractivity contribution is 5.63. The Bertz CT molecular complexity index is 447. The molecule has 2 aliphatic rings. The third-order valence-electron chi connectivity index (χ3n) is 3.50. The van der Waals surface area contributed by atoms with Crippen molar-refractivity contribution in [2.45, 2.75) is 18.9 Å². The molecule has 4 nitrogen and oxygen atoms in total. The fourth-order valence-electron chi connectivity index (χ4n) is 2.55. The zero-order valence-electron chi connectivity index (χ0n) is 10.9. The summed E-state index contributed by atoms with van der Waals surface area (Å²) >= 11 is 0. The van der Waals surface area contributed by atoms with Crippen molar-refractivity contribution in [3.63, 3.8) is 0 Å². The van der Waals surface area contributed by atoms with Gasteiger partial charge in [0.1, 0.15) is 24.3 Å². The van der Waals surface area contributed by atoms with E-state index in [1.54, 1.807) is 6.07 Å². The van der Waals surface area contributed by atoms with Gasteiger partial charge in [0.25, 0.3) is 0 Å². The lowest BCUT2D eigenvalue weighted by atomic mass is 10.0. The second kappa shape index (κ2) is 5.75. The van der Waals surface area contributed by atoms with Gasteiger partial charge in [-0.2, -0.15) is 0 Å². The fourth-order valence-corrected chi connectivity index (χ4v) is 2.55. The molecular weight excluding hydrogens is 247 g/mol. The minimum Gasteiger partial charge on any atom is -0.489 e. The topological polar surface area (TPSA) is 42.5 Å². The number of rotatable bonds is 3. The number of hydrogen-bond acceptors (Lipinski definition) is 4. The molecule has 0 aliphatic carbocycles. The van der Waals surface area contributed by atoms with E-state index >= 15 is 0 Å². The maximum absolute atomic E-state index is 13.6. The molecule has 0 unspecified atom stereocenters. The number of morpholine rings is 1. The molecule has 104 valence electrons. The predicted molar refractivity (Wildman–Crippen MR) is 71.3 cm³/mol. The second-order valence-corrected chi connectivity index (χ2v) is 4.98. The Morgan fingerprint density at radius 1 is 1.37 bits per heavy atom. The van der Waals surface area contributed by atoms with Gasteiger partial charge in [-0.25, -0.2) is 4.39 Å². The second-order valence-electron chi connectivity index (χ2n) is 4.98. The molecule has 1 saturated heterocycles. The van der Waals surface area contributed by atoms with Gasteiger partial charge in [-0.15, -0.1) is 0 Å². The van der Waals surface area contributed by atoms with Crippen LogP contribution in [-0.2, 0) is 11.2 Å². The predicted octanol–water partition coefficient (Wildman–Crippen LogP) is 1.55. The first-order valence-corrected chi connectivity index (χ1v) is 6.84. The summed E-state index contributed by atoms with van der Waals surface area (Å²) in [5.41, 5.74) is 1.94. The lowest BCUT2D eigenvalue weighted by Gasteiger charge is -2.26. The first-order chi connectivity index (χ1) is 9.33. The highest BCUT2D eigenvalue weighted by Crippen LogP contribution is 2.33. The molecule has 1 atom stereocenters. The Labute approximate surface area is 112 Å². The van der Waals surface area contributed by atoms with E-state index in [0.717, 1.165) is 43.7 Å². The monoisotopic (exact) mass is 266 g/mol. The van der Waals surface area contributed by atoms with Crippen LogP contribution in [0.15, 0.2) is 12.1 Å². The SMILES string of the molecule is Fc1cc2c(c(OC[C@@H]3CNCCO3)c1)NCCC2. The van der Waals surface area contributed by atoms with Gasteiger partial charge in [-0.05, 0) is 24.5 Å². The van der Waals surface area contributed by atoms with E-state index < -0.39 is 0 Å². The van der Waals surface area contributed by atoms with E-state index in [0.29, 0.717) is 19.0 Å². The van der Waals surface area contributed by atoms with Crippen molar-refractivity contribution < 1.29 is 13.9 Å². The molecule has 2 aliphatic heterocycles. The molecule has 0 aromatic heterocycles. The Hall–Kier alpha value is -1.33. The van der Waals surface area contributed by atoms with E-state index in [1.165, 1.54) is 6.07 Å².